The molecule has 0 radical (unpaired) electrons. The molecular formula is C21H29N3O2. The van der Waals surface area contributed by atoms with E-state index in [9.17, 15) is 4.79 Å². The van der Waals surface area contributed by atoms with Gasteiger partial charge >= 0.3 is 0 Å². The number of nitrogens with one attached hydrogen (secondary N) is 1. The summed E-state index contributed by atoms with van der Waals surface area (Å²) in [7, 11) is 0. The van der Waals surface area contributed by atoms with Crippen molar-refractivity contribution in [3.63, 3.8) is 0 Å². The number of para-hydroxylation sites is 1. The van der Waals surface area contributed by atoms with E-state index in [4.69, 9.17) is 4.74 Å². The Hall–Kier alpha value is -2.14. The van der Waals surface area contributed by atoms with Crippen LogP contribution in [0.1, 0.15) is 49.9 Å². The summed E-state index contributed by atoms with van der Waals surface area (Å²) in [6, 6.07) is 9.56. The zero-order valence-corrected chi connectivity index (χ0v) is 15.8. The van der Waals surface area contributed by atoms with Crippen LogP contribution in [-0.2, 0) is 0 Å². The maximum Gasteiger partial charge on any atom is 0.252 e. The first-order chi connectivity index (χ1) is 12.7. The highest BCUT2D eigenvalue weighted by Crippen LogP contribution is 2.26. The lowest BCUT2D eigenvalue weighted by Gasteiger charge is -2.18. The second kappa shape index (κ2) is 8.99. The molecule has 1 aromatic carbocycles. The van der Waals surface area contributed by atoms with Crippen molar-refractivity contribution in [3.05, 3.63) is 35.9 Å². The third-order valence-electron chi connectivity index (χ3n) is 5.13. The van der Waals surface area contributed by atoms with Crippen LogP contribution in [0.15, 0.2) is 30.3 Å². The van der Waals surface area contributed by atoms with Crippen molar-refractivity contribution in [1.82, 2.24) is 15.2 Å². The molecule has 1 fully saturated rings. The summed E-state index contributed by atoms with van der Waals surface area (Å²) in [4.78, 5) is 19.7. The van der Waals surface area contributed by atoms with Crippen LogP contribution in [0.2, 0.25) is 0 Å². The second-order valence-corrected chi connectivity index (χ2v) is 6.83. The molecule has 1 aromatic heterocycles. The maximum atomic E-state index is 12.8. The number of amides is 1. The molecule has 0 atom stereocenters. The molecule has 2 aromatic rings. The van der Waals surface area contributed by atoms with Gasteiger partial charge in [-0.3, -0.25) is 4.79 Å². The van der Waals surface area contributed by atoms with Gasteiger partial charge in [-0.25, -0.2) is 4.98 Å². The van der Waals surface area contributed by atoms with Crippen molar-refractivity contribution in [2.45, 2.75) is 45.6 Å². The van der Waals surface area contributed by atoms with Crippen LogP contribution in [0.3, 0.4) is 0 Å². The molecule has 0 bridgehead atoms. The molecule has 26 heavy (non-hydrogen) atoms. The van der Waals surface area contributed by atoms with E-state index in [1.54, 1.807) is 6.07 Å². The average Bonchev–Trinajstić information content (AvgIpc) is 3.17. The number of benzene rings is 1. The number of carbonyl (C=O) groups is 1. The molecule has 0 saturated heterocycles. The number of ether oxygens (including phenoxy) is 1. The van der Waals surface area contributed by atoms with Gasteiger partial charge in [0.2, 0.25) is 5.88 Å². The molecule has 1 aliphatic rings. The molecule has 1 saturated carbocycles. The van der Waals surface area contributed by atoms with E-state index in [2.05, 4.69) is 29.0 Å². The summed E-state index contributed by atoms with van der Waals surface area (Å²) in [5.74, 6) is 0.497. The summed E-state index contributed by atoms with van der Waals surface area (Å²) >= 11 is 0. The highest BCUT2D eigenvalue weighted by atomic mass is 16.5. The Bertz CT molecular complexity index is 737. The summed E-state index contributed by atoms with van der Waals surface area (Å²) in [5.41, 5.74) is 1.44. The number of nitrogens with zero attached hydrogens (tertiary/aromatic N) is 2. The third kappa shape index (κ3) is 4.52. The summed E-state index contributed by atoms with van der Waals surface area (Å²) in [6.07, 6.45) is 4.77. The molecule has 0 unspecified atom stereocenters. The normalized spacial score (nSPS) is 14.9. The van der Waals surface area contributed by atoms with Crippen molar-refractivity contribution in [1.29, 1.82) is 0 Å². The zero-order valence-electron chi connectivity index (χ0n) is 15.8. The maximum absolute atomic E-state index is 12.8. The second-order valence-electron chi connectivity index (χ2n) is 6.83. The van der Waals surface area contributed by atoms with Crippen molar-refractivity contribution in [2.24, 2.45) is 0 Å². The molecule has 5 nitrogen and oxygen atoms in total. The van der Waals surface area contributed by atoms with Gasteiger partial charge in [-0.1, -0.05) is 32.0 Å². The van der Waals surface area contributed by atoms with Crippen LogP contribution in [0.5, 0.6) is 5.88 Å². The average molecular weight is 355 g/mol. The lowest BCUT2D eigenvalue weighted by Crippen LogP contribution is -2.34. The fourth-order valence-corrected chi connectivity index (χ4v) is 3.54. The van der Waals surface area contributed by atoms with Gasteiger partial charge in [0.1, 0.15) is 6.10 Å². The number of pyridine rings is 1. The first-order valence-electron chi connectivity index (χ1n) is 9.78. The molecule has 1 heterocycles. The minimum Gasteiger partial charge on any atom is -0.474 e. The predicted octanol–water partition coefficient (Wildman–Crippen LogP) is 3.63. The predicted molar refractivity (Wildman–Crippen MR) is 105 cm³/mol. The van der Waals surface area contributed by atoms with Gasteiger partial charge in [0.05, 0.1) is 11.1 Å². The Morgan fingerprint density at radius 1 is 1.23 bits per heavy atom. The van der Waals surface area contributed by atoms with Gasteiger partial charge < -0.3 is 15.0 Å². The van der Waals surface area contributed by atoms with Gasteiger partial charge in [0.15, 0.2) is 0 Å². The number of hydrogen-bond donors (Lipinski definition) is 1. The SMILES string of the molecule is CCN(CC)CCNC(=O)c1cc(OC2CCCC2)nc2ccccc12. The van der Waals surface area contributed by atoms with E-state index in [1.165, 1.54) is 12.8 Å². The number of rotatable bonds is 8. The number of carbonyl (C=O) groups excluding carboxylic acids is 1. The van der Waals surface area contributed by atoms with E-state index in [0.29, 0.717) is 18.0 Å². The van der Waals surface area contributed by atoms with E-state index in [1.807, 2.05) is 24.3 Å². The highest BCUT2D eigenvalue weighted by molar-refractivity contribution is 6.06. The van der Waals surface area contributed by atoms with Crippen molar-refractivity contribution in [2.75, 3.05) is 26.2 Å². The van der Waals surface area contributed by atoms with Crippen LogP contribution in [0.4, 0.5) is 0 Å². The topological polar surface area (TPSA) is 54.5 Å². The molecular weight excluding hydrogens is 326 g/mol. The third-order valence-corrected chi connectivity index (χ3v) is 5.13. The highest BCUT2D eigenvalue weighted by Gasteiger charge is 2.19. The fourth-order valence-electron chi connectivity index (χ4n) is 3.54. The molecule has 3 rings (SSSR count). The number of fused-ring (bicyclic) bond motifs is 1. The largest absolute Gasteiger partial charge is 0.474 e. The zero-order chi connectivity index (χ0) is 18.4. The Morgan fingerprint density at radius 3 is 2.69 bits per heavy atom. The molecule has 5 heteroatoms. The van der Waals surface area contributed by atoms with Crippen molar-refractivity contribution >= 4 is 16.8 Å². The van der Waals surface area contributed by atoms with Crippen LogP contribution in [0.25, 0.3) is 10.9 Å². The quantitative estimate of drug-likeness (QED) is 0.786. The molecule has 1 aliphatic carbocycles. The number of aromatic nitrogens is 1. The molecule has 0 aliphatic heterocycles. The van der Waals surface area contributed by atoms with Crippen molar-refractivity contribution in [3.8, 4) is 5.88 Å². The fraction of sp³-hybridized carbons (Fsp3) is 0.524. The van der Waals surface area contributed by atoms with E-state index in [-0.39, 0.29) is 12.0 Å². The minimum atomic E-state index is -0.0629. The number of likely N-dealkylation sites (N-methyl/N-ethyl adjacent to an activating group) is 1. The monoisotopic (exact) mass is 355 g/mol. The van der Waals surface area contributed by atoms with Crippen LogP contribution in [-0.4, -0.2) is 48.1 Å². The van der Waals surface area contributed by atoms with Gasteiger partial charge in [-0.2, -0.15) is 0 Å². The minimum absolute atomic E-state index is 0.0629. The van der Waals surface area contributed by atoms with Gasteiger partial charge in [0, 0.05) is 24.5 Å². The Kier molecular flexibility index (Phi) is 6.45. The van der Waals surface area contributed by atoms with E-state index >= 15 is 0 Å². The Labute approximate surface area is 155 Å². The summed E-state index contributed by atoms with van der Waals surface area (Å²) < 4.78 is 6.05. The van der Waals surface area contributed by atoms with E-state index in [0.717, 1.165) is 43.4 Å². The lowest BCUT2D eigenvalue weighted by molar-refractivity contribution is 0.0949. The first kappa shape index (κ1) is 18.6. The van der Waals surface area contributed by atoms with Gasteiger partial charge in [-0.05, 0) is 44.8 Å². The van der Waals surface area contributed by atoms with Gasteiger partial charge in [0.25, 0.3) is 5.91 Å². The summed E-state index contributed by atoms with van der Waals surface area (Å²) in [6.45, 7) is 7.74. The Morgan fingerprint density at radius 2 is 1.96 bits per heavy atom. The summed E-state index contributed by atoms with van der Waals surface area (Å²) in [5, 5.41) is 3.91. The van der Waals surface area contributed by atoms with Crippen LogP contribution < -0.4 is 10.1 Å². The standard InChI is InChI=1S/C21H29N3O2/c1-3-24(4-2)14-13-22-21(25)18-15-20(26-16-9-5-6-10-16)23-19-12-8-7-11-17(18)19/h7-8,11-12,15-16H,3-6,9-10,13-14H2,1-2H3,(H,22,25). The first-order valence-corrected chi connectivity index (χ1v) is 9.78. The molecule has 1 N–H and O–H groups in total. The van der Waals surface area contributed by atoms with E-state index < -0.39 is 0 Å². The lowest BCUT2D eigenvalue weighted by atomic mass is 10.1. The number of hydrogen-bond acceptors (Lipinski definition) is 4. The Balaban J connectivity index is 1.77. The van der Waals surface area contributed by atoms with Crippen molar-refractivity contribution < 1.29 is 9.53 Å². The van der Waals surface area contributed by atoms with Crippen LogP contribution in [0, 0.1) is 0 Å². The molecule has 140 valence electrons. The smallest absolute Gasteiger partial charge is 0.252 e. The van der Waals surface area contributed by atoms with Crippen LogP contribution >= 0.6 is 0 Å². The van der Waals surface area contributed by atoms with Gasteiger partial charge in [-0.15, -0.1) is 0 Å². The molecule has 0 spiro atoms. The molecule has 1 amide bonds.